The summed E-state index contributed by atoms with van der Waals surface area (Å²) >= 11 is 0. The van der Waals surface area contributed by atoms with Gasteiger partial charge in [0, 0.05) is 20.1 Å². The molecule has 14 nitrogen and oxygen atoms in total. The van der Waals surface area contributed by atoms with Crippen molar-refractivity contribution >= 4 is 34.7 Å². The number of aliphatic hydroxyl groups is 1. The number of carbonyl (C=O) groups is 2. The maximum atomic E-state index is 14.4. The van der Waals surface area contributed by atoms with E-state index in [9.17, 15) is 23.9 Å². The minimum Gasteiger partial charge on any atom is -0.485 e. The van der Waals surface area contributed by atoms with Crippen molar-refractivity contribution in [3.05, 3.63) is 40.7 Å². The van der Waals surface area contributed by atoms with Crippen molar-refractivity contribution in [2.45, 2.75) is 12.2 Å². The lowest BCUT2D eigenvalue weighted by atomic mass is 10.2. The number of halogens is 1. The zero-order valence-corrected chi connectivity index (χ0v) is 19.5. The number of rotatable bonds is 8. The van der Waals surface area contributed by atoms with Gasteiger partial charge in [0.15, 0.2) is 29.8 Å². The van der Waals surface area contributed by atoms with E-state index in [1.165, 1.54) is 34.8 Å². The SMILES string of the molecule is Cn1c(=O)cnc2ccc(F)c(OCC(O)CNC[C@H]3CN(c4cnc5c(n4)NC(=O)CO5)C(=O)O3)c21. The van der Waals surface area contributed by atoms with Gasteiger partial charge in [0.05, 0.1) is 24.5 Å². The normalized spacial score (nSPS) is 17.7. The molecule has 2 amide bonds. The third kappa shape index (κ3) is 4.99. The number of cyclic esters (lactones) is 1. The van der Waals surface area contributed by atoms with E-state index in [-0.39, 0.29) is 67.5 Å². The molecule has 0 bridgehead atoms. The average Bonchev–Trinajstić information content (AvgIpc) is 3.25. The summed E-state index contributed by atoms with van der Waals surface area (Å²) in [6.45, 7) is -0.00642. The molecule has 1 fully saturated rings. The fourth-order valence-electron chi connectivity index (χ4n) is 3.88. The van der Waals surface area contributed by atoms with Crippen LogP contribution in [-0.2, 0) is 16.6 Å². The van der Waals surface area contributed by atoms with Crippen molar-refractivity contribution < 1.29 is 33.3 Å². The zero-order chi connectivity index (χ0) is 26.1. The maximum Gasteiger partial charge on any atom is 0.416 e. The van der Waals surface area contributed by atoms with Crippen LogP contribution in [0.5, 0.6) is 11.6 Å². The Hall–Kier alpha value is -4.37. The maximum absolute atomic E-state index is 14.4. The molecule has 3 N–H and O–H groups in total. The molecular weight excluding hydrogens is 493 g/mol. The van der Waals surface area contributed by atoms with Gasteiger partial charge in [-0.25, -0.2) is 24.1 Å². The van der Waals surface area contributed by atoms with Crippen LogP contribution in [0.4, 0.5) is 20.8 Å². The van der Waals surface area contributed by atoms with Crippen LogP contribution in [0.15, 0.2) is 29.3 Å². The van der Waals surface area contributed by atoms with E-state index in [0.29, 0.717) is 5.52 Å². The number of aryl methyl sites for hydroxylation is 1. The highest BCUT2D eigenvalue weighted by Crippen LogP contribution is 2.28. The van der Waals surface area contributed by atoms with Gasteiger partial charge < -0.3 is 34.5 Å². The van der Waals surface area contributed by atoms with E-state index in [1.807, 2.05) is 0 Å². The van der Waals surface area contributed by atoms with Crippen LogP contribution in [0.3, 0.4) is 0 Å². The number of fused-ring (bicyclic) bond motifs is 2. The molecule has 2 aliphatic rings. The highest BCUT2D eigenvalue weighted by atomic mass is 19.1. The standard InChI is InChI=1S/C22H22FN7O7/c1-29-17(33)7-25-14-3-2-13(23)19(18(14)29)35-9-11(31)4-24-5-12-8-30(22(34)37-12)15-6-26-21-20(27-15)28-16(32)10-36-21/h2-3,6-7,11-12,24,31H,4-5,8-10H2,1H3,(H,27,28,32)/t11?,12-/m0/s1. The van der Waals surface area contributed by atoms with Gasteiger partial charge in [0.25, 0.3) is 17.3 Å². The fourth-order valence-corrected chi connectivity index (χ4v) is 3.88. The van der Waals surface area contributed by atoms with E-state index >= 15 is 0 Å². The molecule has 37 heavy (non-hydrogen) atoms. The molecule has 1 saturated heterocycles. The Morgan fingerprint density at radius 1 is 1.30 bits per heavy atom. The first kappa shape index (κ1) is 24.3. The quantitative estimate of drug-likeness (QED) is 0.355. The van der Waals surface area contributed by atoms with Gasteiger partial charge in [-0.05, 0) is 12.1 Å². The third-order valence-electron chi connectivity index (χ3n) is 5.69. The summed E-state index contributed by atoms with van der Waals surface area (Å²) < 4.78 is 31.6. The molecule has 3 aromatic rings. The van der Waals surface area contributed by atoms with Crippen LogP contribution in [-0.4, -0.2) is 81.7 Å². The summed E-state index contributed by atoms with van der Waals surface area (Å²) in [6, 6.07) is 2.61. The van der Waals surface area contributed by atoms with Crippen molar-refractivity contribution in [1.82, 2.24) is 24.8 Å². The van der Waals surface area contributed by atoms with Crippen LogP contribution in [0, 0.1) is 5.82 Å². The van der Waals surface area contributed by atoms with Crippen molar-refractivity contribution in [3.63, 3.8) is 0 Å². The molecule has 0 aliphatic carbocycles. The highest BCUT2D eigenvalue weighted by molar-refractivity contribution is 5.94. The Bertz CT molecular complexity index is 1430. The van der Waals surface area contributed by atoms with Gasteiger partial charge in [0.1, 0.15) is 24.3 Å². The van der Waals surface area contributed by atoms with Crippen molar-refractivity contribution in [3.8, 4) is 11.6 Å². The number of hydrogen-bond donors (Lipinski definition) is 3. The van der Waals surface area contributed by atoms with Crippen LogP contribution in [0.1, 0.15) is 0 Å². The predicted octanol–water partition coefficient (Wildman–Crippen LogP) is -0.452. The second kappa shape index (κ2) is 9.94. The van der Waals surface area contributed by atoms with Crippen LogP contribution >= 0.6 is 0 Å². The van der Waals surface area contributed by atoms with Crippen LogP contribution in [0.25, 0.3) is 11.0 Å². The molecule has 0 spiro atoms. The molecule has 1 unspecified atom stereocenters. The van der Waals surface area contributed by atoms with Crippen molar-refractivity contribution in [2.24, 2.45) is 7.05 Å². The van der Waals surface area contributed by atoms with E-state index in [4.69, 9.17) is 14.2 Å². The molecule has 2 atom stereocenters. The van der Waals surface area contributed by atoms with Crippen LogP contribution < -0.4 is 30.6 Å². The lowest BCUT2D eigenvalue weighted by Gasteiger charge is -2.18. The molecule has 15 heteroatoms. The van der Waals surface area contributed by atoms with Crippen LogP contribution in [0.2, 0.25) is 0 Å². The zero-order valence-electron chi connectivity index (χ0n) is 19.5. The second-order valence-electron chi connectivity index (χ2n) is 8.36. The number of anilines is 2. The lowest BCUT2D eigenvalue weighted by Crippen LogP contribution is -2.37. The Morgan fingerprint density at radius 3 is 2.97 bits per heavy atom. The minimum atomic E-state index is -1.04. The number of carbonyl (C=O) groups excluding carboxylic acids is 2. The van der Waals surface area contributed by atoms with E-state index in [0.717, 1.165) is 6.20 Å². The molecule has 1 aromatic carbocycles. The van der Waals surface area contributed by atoms with E-state index in [1.54, 1.807) is 0 Å². The third-order valence-corrected chi connectivity index (χ3v) is 5.69. The first-order valence-corrected chi connectivity index (χ1v) is 11.2. The predicted molar refractivity (Wildman–Crippen MR) is 125 cm³/mol. The number of benzene rings is 1. The van der Waals surface area contributed by atoms with Gasteiger partial charge in [-0.15, -0.1) is 0 Å². The van der Waals surface area contributed by atoms with Gasteiger partial charge in [-0.1, -0.05) is 0 Å². The highest BCUT2D eigenvalue weighted by Gasteiger charge is 2.34. The van der Waals surface area contributed by atoms with Crippen molar-refractivity contribution in [1.29, 1.82) is 0 Å². The molecular formula is C22H22FN7O7. The van der Waals surface area contributed by atoms with Gasteiger partial charge >= 0.3 is 6.09 Å². The molecule has 2 aromatic heterocycles. The molecule has 0 radical (unpaired) electrons. The number of ether oxygens (including phenoxy) is 3. The number of aromatic nitrogens is 4. The summed E-state index contributed by atoms with van der Waals surface area (Å²) in [5, 5.41) is 15.8. The smallest absolute Gasteiger partial charge is 0.416 e. The van der Waals surface area contributed by atoms with Gasteiger partial charge in [0.2, 0.25) is 0 Å². The molecule has 194 valence electrons. The summed E-state index contributed by atoms with van der Waals surface area (Å²) in [5.74, 6) is -0.790. The summed E-state index contributed by atoms with van der Waals surface area (Å²) in [7, 11) is 1.47. The second-order valence-corrected chi connectivity index (χ2v) is 8.36. The number of nitrogens with zero attached hydrogens (tertiary/aromatic N) is 5. The van der Waals surface area contributed by atoms with Crippen molar-refractivity contribution in [2.75, 3.05) is 43.1 Å². The first-order chi connectivity index (χ1) is 17.8. The fraction of sp³-hybridized carbons (Fsp3) is 0.364. The number of amides is 2. The Kier molecular flexibility index (Phi) is 6.54. The summed E-state index contributed by atoms with van der Waals surface area (Å²) in [6.07, 6.45) is 0.238. The average molecular weight is 515 g/mol. The number of aliphatic hydroxyl groups excluding tert-OH is 1. The molecule has 4 heterocycles. The Morgan fingerprint density at radius 2 is 2.14 bits per heavy atom. The van der Waals surface area contributed by atoms with E-state index in [2.05, 4.69) is 25.6 Å². The minimum absolute atomic E-state index is 0.0552. The van der Waals surface area contributed by atoms with Gasteiger partial charge in [-0.2, -0.15) is 0 Å². The largest absolute Gasteiger partial charge is 0.485 e. The molecule has 0 saturated carbocycles. The Labute approximate surface area is 208 Å². The van der Waals surface area contributed by atoms with Gasteiger partial charge in [-0.3, -0.25) is 14.5 Å². The first-order valence-electron chi connectivity index (χ1n) is 11.2. The van der Waals surface area contributed by atoms with E-state index < -0.39 is 29.7 Å². The monoisotopic (exact) mass is 515 g/mol. The number of nitrogens with one attached hydrogen (secondary N) is 2. The summed E-state index contributed by atoms with van der Waals surface area (Å²) in [4.78, 5) is 49.2. The Balaban J connectivity index is 1.14. The lowest BCUT2D eigenvalue weighted by molar-refractivity contribution is -0.118. The summed E-state index contributed by atoms with van der Waals surface area (Å²) in [5.41, 5.74) is 0.129. The number of hydrogen-bond acceptors (Lipinski definition) is 11. The molecule has 2 aliphatic heterocycles. The topological polar surface area (TPSA) is 170 Å². The molecule has 5 rings (SSSR count).